The third-order valence-corrected chi connectivity index (χ3v) is 6.13. The van der Waals surface area contributed by atoms with Gasteiger partial charge in [0, 0.05) is 63.1 Å². The Kier molecular flexibility index (Phi) is 8.28. The number of pyridine rings is 1. The number of hydrogen-bond acceptors (Lipinski definition) is 3. The maximum atomic E-state index is 12.0. The van der Waals surface area contributed by atoms with Gasteiger partial charge in [0.15, 0.2) is 5.96 Å². The van der Waals surface area contributed by atoms with Crippen LogP contribution in [0.3, 0.4) is 0 Å². The number of aliphatic imine (C=N–C) groups is 1. The van der Waals surface area contributed by atoms with Crippen molar-refractivity contribution in [3.05, 3.63) is 59.4 Å². The topological polar surface area (TPSA) is 60.8 Å². The first-order valence-corrected chi connectivity index (χ1v) is 10.9. The molecule has 0 aliphatic carbocycles. The third kappa shape index (κ3) is 5.56. The lowest BCUT2D eigenvalue weighted by Gasteiger charge is -2.23. The van der Waals surface area contributed by atoms with Crippen molar-refractivity contribution in [2.24, 2.45) is 4.99 Å². The molecule has 4 rings (SSSR count). The van der Waals surface area contributed by atoms with E-state index in [-0.39, 0.29) is 24.0 Å². The number of likely N-dealkylation sites (tertiary alicyclic amines) is 1. The number of halogens is 1. The highest BCUT2D eigenvalue weighted by molar-refractivity contribution is 14.0. The van der Waals surface area contributed by atoms with E-state index in [1.165, 1.54) is 16.8 Å². The summed E-state index contributed by atoms with van der Waals surface area (Å²) < 4.78 is 0. The van der Waals surface area contributed by atoms with Crippen molar-refractivity contribution >= 4 is 41.5 Å². The molecule has 2 aliphatic rings. The second-order valence-corrected chi connectivity index (χ2v) is 8.17. The van der Waals surface area contributed by atoms with Crippen LogP contribution in [0.15, 0.2) is 47.6 Å². The van der Waals surface area contributed by atoms with Gasteiger partial charge in [-0.15, -0.1) is 24.0 Å². The molecule has 0 spiro atoms. The number of carbonyl (C=O) groups is 1. The van der Waals surface area contributed by atoms with Crippen LogP contribution < -0.4 is 10.2 Å². The van der Waals surface area contributed by atoms with Gasteiger partial charge in [0.1, 0.15) is 0 Å². The smallest absolute Gasteiger partial charge is 0.222 e. The first kappa shape index (κ1) is 23.5. The number of benzene rings is 1. The van der Waals surface area contributed by atoms with Gasteiger partial charge in [-0.05, 0) is 49.4 Å². The quantitative estimate of drug-likeness (QED) is 0.349. The standard InChI is InChI=1S/C24H31N5O.HI/c1-18-9-10-19(16-27-18)11-13-26-24(25-2)29-17-20(21-6-3-4-7-22(21)29)12-15-28-14-5-8-23(28)30;/h3-4,6-7,9-10,16,20H,5,8,11-15,17H2,1-2H3,(H,25,26);1H. The fourth-order valence-corrected chi connectivity index (χ4v) is 4.46. The van der Waals surface area contributed by atoms with Gasteiger partial charge in [0.25, 0.3) is 0 Å². The third-order valence-electron chi connectivity index (χ3n) is 6.13. The van der Waals surface area contributed by atoms with Crippen molar-refractivity contribution in [3.8, 4) is 0 Å². The van der Waals surface area contributed by atoms with Crippen LogP contribution in [0.2, 0.25) is 0 Å². The van der Waals surface area contributed by atoms with Gasteiger partial charge in [0.2, 0.25) is 5.91 Å². The maximum absolute atomic E-state index is 12.0. The number of rotatable bonds is 6. The second kappa shape index (κ2) is 10.9. The SMILES string of the molecule is CN=C(NCCc1ccc(C)nc1)N1CC(CCN2CCCC2=O)c2ccccc21.I. The van der Waals surface area contributed by atoms with E-state index in [0.717, 1.165) is 57.1 Å². The summed E-state index contributed by atoms with van der Waals surface area (Å²) in [5.41, 5.74) is 4.84. The van der Waals surface area contributed by atoms with Gasteiger partial charge >= 0.3 is 0 Å². The average molecular weight is 533 g/mol. The first-order chi connectivity index (χ1) is 14.7. The first-order valence-electron chi connectivity index (χ1n) is 10.9. The Morgan fingerprint density at radius 1 is 1.26 bits per heavy atom. The van der Waals surface area contributed by atoms with Crippen LogP contribution in [0.1, 0.15) is 42.0 Å². The van der Waals surface area contributed by atoms with E-state index in [1.807, 2.05) is 25.1 Å². The Hall–Kier alpha value is -2.16. The number of nitrogens with one attached hydrogen (secondary N) is 1. The summed E-state index contributed by atoms with van der Waals surface area (Å²) in [6.45, 7) is 5.47. The largest absolute Gasteiger partial charge is 0.356 e. The van der Waals surface area contributed by atoms with E-state index in [2.05, 4.69) is 56.6 Å². The van der Waals surface area contributed by atoms with Crippen molar-refractivity contribution in [2.45, 2.75) is 38.5 Å². The molecule has 2 aromatic rings. The molecule has 1 amide bonds. The Bertz CT molecular complexity index is 914. The summed E-state index contributed by atoms with van der Waals surface area (Å²) in [5.74, 6) is 1.62. The monoisotopic (exact) mass is 533 g/mol. The number of fused-ring (bicyclic) bond motifs is 1. The number of hydrogen-bond donors (Lipinski definition) is 1. The molecule has 3 heterocycles. The van der Waals surface area contributed by atoms with E-state index in [1.54, 1.807) is 0 Å². The van der Waals surface area contributed by atoms with Crippen molar-refractivity contribution in [1.29, 1.82) is 0 Å². The van der Waals surface area contributed by atoms with E-state index < -0.39 is 0 Å². The lowest BCUT2D eigenvalue weighted by atomic mass is 9.98. The van der Waals surface area contributed by atoms with Gasteiger partial charge in [-0.2, -0.15) is 0 Å². The van der Waals surface area contributed by atoms with Crippen molar-refractivity contribution in [2.75, 3.05) is 38.1 Å². The summed E-state index contributed by atoms with van der Waals surface area (Å²) in [7, 11) is 1.84. The number of carbonyl (C=O) groups excluding carboxylic acids is 1. The summed E-state index contributed by atoms with van der Waals surface area (Å²) in [6, 6.07) is 12.8. The van der Waals surface area contributed by atoms with E-state index in [0.29, 0.717) is 18.2 Å². The molecule has 2 aliphatic heterocycles. The highest BCUT2D eigenvalue weighted by Gasteiger charge is 2.31. The summed E-state index contributed by atoms with van der Waals surface area (Å²) in [5, 5.41) is 3.52. The molecule has 166 valence electrons. The van der Waals surface area contributed by atoms with Crippen molar-refractivity contribution in [3.63, 3.8) is 0 Å². The normalized spacial score (nSPS) is 18.2. The molecule has 1 atom stereocenters. The molecule has 1 fully saturated rings. The Morgan fingerprint density at radius 3 is 2.81 bits per heavy atom. The lowest BCUT2D eigenvalue weighted by molar-refractivity contribution is -0.127. The molecule has 6 nitrogen and oxygen atoms in total. The zero-order valence-corrected chi connectivity index (χ0v) is 20.7. The van der Waals surface area contributed by atoms with E-state index in [9.17, 15) is 4.79 Å². The highest BCUT2D eigenvalue weighted by Crippen LogP contribution is 2.38. The predicted molar refractivity (Wildman–Crippen MR) is 136 cm³/mol. The fraction of sp³-hybridized carbons (Fsp3) is 0.458. The molecule has 7 heteroatoms. The molecular weight excluding hydrogens is 501 g/mol. The minimum atomic E-state index is 0. The summed E-state index contributed by atoms with van der Waals surface area (Å²) in [4.78, 5) is 25.2. The molecule has 1 saturated heterocycles. The van der Waals surface area contributed by atoms with Crippen LogP contribution >= 0.6 is 24.0 Å². The average Bonchev–Trinajstić information content (AvgIpc) is 3.34. The number of aryl methyl sites for hydroxylation is 1. The highest BCUT2D eigenvalue weighted by atomic mass is 127. The van der Waals surface area contributed by atoms with Gasteiger partial charge in [-0.1, -0.05) is 24.3 Å². The number of aromatic nitrogens is 1. The molecule has 1 aromatic heterocycles. The number of guanidine groups is 1. The Balaban J connectivity index is 0.00000272. The number of nitrogens with zero attached hydrogens (tertiary/aromatic N) is 4. The molecule has 0 radical (unpaired) electrons. The summed E-state index contributed by atoms with van der Waals surface area (Å²) >= 11 is 0. The van der Waals surface area contributed by atoms with Crippen LogP contribution in [0.5, 0.6) is 0 Å². The molecule has 0 saturated carbocycles. The molecule has 1 N–H and O–H groups in total. The van der Waals surface area contributed by atoms with Gasteiger partial charge in [-0.25, -0.2) is 0 Å². The fourth-order valence-electron chi connectivity index (χ4n) is 4.46. The van der Waals surface area contributed by atoms with Gasteiger partial charge in [0.05, 0.1) is 0 Å². The number of amides is 1. The summed E-state index contributed by atoms with van der Waals surface area (Å²) in [6.07, 6.45) is 5.55. The lowest BCUT2D eigenvalue weighted by Crippen LogP contribution is -2.42. The zero-order valence-electron chi connectivity index (χ0n) is 18.4. The molecule has 1 unspecified atom stereocenters. The molecular formula is C24H32IN5O. The second-order valence-electron chi connectivity index (χ2n) is 8.17. The Labute approximate surface area is 202 Å². The minimum absolute atomic E-state index is 0. The number of anilines is 1. The van der Waals surface area contributed by atoms with Crippen LogP contribution in [0.4, 0.5) is 5.69 Å². The van der Waals surface area contributed by atoms with Crippen molar-refractivity contribution in [1.82, 2.24) is 15.2 Å². The predicted octanol–water partition coefficient (Wildman–Crippen LogP) is 3.74. The molecule has 1 aromatic carbocycles. The maximum Gasteiger partial charge on any atom is 0.222 e. The van der Waals surface area contributed by atoms with Crippen molar-refractivity contribution < 1.29 is 4.79 Å². The Morgan fingerprint density at radius 2 is 2.10 bits per heavy atom. The molecule has 0 bridgehead atoms. The van der Waals surface area contributed by atoms with Crippen LogP contribution in [-0.4, -0.2) is 55.0 Å². The van der Waals surface area contributed by atoms with Gasteiger partial charge < -0.3 is 15.1 Å². The zero-order chi connectivity index (χ0) is 20.9. The molecule has 31 heavy (non-hydrogen) atoms. The van der Waals surface area contributed by atoms with E-state index in [4.69, 9.17) is 0 Å². The van der Waals surface area contributed by atoms with E-state index >= 15 is 0 Å². The van der Waals surface area contributed by atoms with Crippen LogP contribution in [0.25, 0.3) is 0 Å². The minimum Gasteiger partial charge on any atom is -0.356 e. The van der Waals surface area contributed by atoms with Gasteiger partial charge in [-0.3, -0.25) is 14.8 Å². The van der Waals surface area contributed by atoms with Crippen LogP contribution in [0, 0.1) is 6.92 Å². The number of para-hydroxylation sites is 1. The van der Waals surface area contributed by atoms with Crippen LogP contribution in [-0.2, 0) is 11.2 Å².